The van der Waals surface area contributed by atoms with Crippen molar-refractivity contribution >= 4 is 22.8 Å². The molecule has 3 aromatic rings. The number of rotatable bonds is 5. The van der Waals surface area contributed by atoms with Gasteiger partial charge in [-0.15, -0.1) is 0 Å². The van der Waals surface area contributed by atoms with Crippen LogP contribution in [0, 0.1) is 11.3 Å². The Bertz CT molecular complexity index is 993. The first-order valence-corrected chi connectivity index (χ1v) is 8.74. The van der Waals surface area contributed by atoms with Gasteiger partial charge in [-0.3, -0.25) is 4.68 Å². The lowest BCUT2D eigenvalue weighted by molar-refractivity contribution is 0.631. The minimum Gasteiger partial charge on any atom is -0.365 e. The summed E-state index contributed by atoms with van der Waals surface area (Å²) in [6, 6.07) is 9.13. The highest BCUT2D eigenvalue weighted by molar-refractivity contribution is 5.87. The highest BCUT2D eigenvalue weighted by atomic mass is 15.3. The molecule has 1 aromatic carbocycles. The number of nitriles is 1. The number of anilines is 2. The van der Waals surface area contributed by atoms with Crippen molar-refractivity contribution in [3.05, 3.63) is 41.6 Å². The molecule has 0 bridgehead atoms. The quantitative estimate of drug-likeness (QED) is 0.637. The molecular formula is C19H24N8. The Hall–Kier alpha value is -3.18. The molecule has 140 valence electrons. The molecule has 1 unspecified atom stereocenters. The Morgan fingerprint density at radius 2 is 2.07 bits per heavy atom. The third-order valence-corrected chi connectivity index (χ3v) is 4.01. The van der Waals surface area contributed by atoms with Crippen LogP contribution in [0.5, 0.6) is 0 Å². The number of benzene rings is 1. The van der Waals surface area contributed by atoms with Crippen molar-refractivity contribution in [2.24, 2.45) is 12.8 Å². The monoisotopic (exact) mass is 364 g/mol. The van der Waals surface area contributed by atoms with E-state index in [-0.39, 0.29) is 11.6 Å². The number of hydrogen-bond donors (Lipinski definition) is 3. The molecule has 0 radical (unpaired) electrons. The van der Waals surface area contributed by atoms with E-state index in [9.17, 15) is 0 Å². The Morgan fingerprint density at radius 1 is 1.30 bits per heavy atom. The molecule has 0 saturated carbocycles. The van der Waals surface area contributed by atoms with Gasteiger partial charge in [-0.2, -0.15) is 20.3 Å². The van der Waals surface area contributed by atoms with Gasteiger partial charge in [-0.25, -0.2) is 0 Å². The van der Waals surface area contributed by atoms with Gasteiger partial charge >= 0.3 is 0 Å². The van der Waals surface area contributed by atoms with Gasteiger partial charge in [-0.1, -0.05) is 12.1 Å². The van der Waals surface area contributed by atoms with Gasteiger partial charge in [0.25, 0.3) is 0 Å². The van der Waals surface area contributed by atoms with Gasteiger partial charge in [-0.05, 0) is 38.5 Å². The minimum atomic E-state index is -0.289. The lowest BCUT2D eigenvalue weighted by Crippen LogP contribution is -2.27. The van der Waals surface area contributed by atoms with Crippen LogP contribution in [0.25, 0.3) is 11.0 Å². The fraction of sp³-hybridized carbons (Fsp3) is 0.368. The van der Waals surface area contributed by atoms with Crippen LogP contribution in [-0.4, -0.2) is 31.8 Å². The molecule has 0 aliphatic rings. The first-order valence-electron chi connectivity index (χ1n) is 8.74. The van der Waals surface area contributed by atoms with E-state index in [1.54, 1.807) is 23.0 Å². The number of nitrogens with zero attached hydrogens (tertiary/aromatic N) is 5. The zero-order chi connectivity index (χ0) is 19.6. The molecule has 0 fully saturated rings. The van der Waals surface area contributed by atoms with E-state index in [4.69, 9.17) is 11.0 Å². The van der Waals surface area contributed by atoms with E-state index in [1.807, 2.05) is 19.2 Å². The molecule has 8 heteroatoms. The molecule has 27 heavy (non-hydrogen) atoms. The van der Waals surface area contributed by atoms with Crippen LogP contribution in [0.3, 0.4) is 0 Å². The Labute approximate surface area is 158 Å². The van der Waals surface area contributed by atoms with Crippen LogP contribution in [-0.2, 0) is 7.05 Å². The van der Waals surface area contributed by atoms with Crippen molar-refractivity contribution < 1.29 is 0 Å². The number of aryl methyl sites for hydroxylation is 1. The molecule has 2 aromatic heterocycles. The average Bonchev–Trinajstić information content (AvgIpc) is 3.00. The Morgan fingerprint density at radius 3 is 2.78 bits per heavy atom. The summed E-state index contributed by atoms with van der Waals surface area (Å²) in [4.78, 5) is 9.16. The maximum atomic E-state index is 9.04. The number of aromatic nitrogens is 4. The van der Waals surface area contributed by atoms with Crippen LogP contribution in [0.4, 0.5) is 11.8 Å². The fourth-order valence-corrected chi connectivity index (χ4v) is 2.71. The topological polar surface area (TPSA) is 117 Å². The smallest absolute Gasteiger partial charge is 0.226 e. The van der Waals surface area contributed by atoms with Crippen molar-refractivity contribution in [1.29, 1.82) is 5.26 Å². The zero-order valence-electron chi connectivity index (χ0n) is 16.0. The molecule has 1 atom stereocenters. The summed E-state index contributed by atoms with van der Waals surface area (Å²) >= 11 is 0. The van der Waals surface area contributed by atoms with Gasteiger partial charge in [0.05, 0.1) is 23.2 Å². The molecule has 2 heterocycles. The second-order valence-electron chi connectivity index (χ2n) is 7.50. The lowest BCUT2D eigenvalue weighted by atomic mass is 10.1. The van der Waals surface area contributed by atoms with Crippen LogP contribution >= 0.6 is 0 Å². The van der Waals surface area contributed by atoms with E-state index in [0.717, 1.165) is 22.4 Å². The van der Waals surface area contributed by atoms with Crippen molar-refractivity contribution in [2.45, 2.75) is 32.4 Å². The summed E-state index contributed by atoms with van der Waals surface area (Å²) in [7, 11) is 1.85. The summed E-state index contributed by atoms with van der Waals surface area (Å²) in [5, 5.41) is 20.8. The molecule has 0 amide bonds. The summed E-state index contributed by atoms with van der Waals surface area (Å²) in [5.74, 6) is 1.20. The SMILES string of the molecule is Cn1ncc2c(NC(C)(C)C)nc(NCC(N)c3cccc(C#N)c3)nc21. The number of nitrogens with two attached hydrogens (primary N) is 1. The Balaban J connectivity index is 1.84. The zero-order valence-corrected chi connectivity index (χ0v) is 16.0. The first-order chi connectivity index (χ1) is 12.8. The van der Waals surface area contributed by atoms with Crippen molar-refractivity contribution in [3.8, 4) is 6.07 Å². The highest BCUT2D eigenvalue weighted by Gasteiger charge is 2.17. The number of hydrogen-bond acceptors (Lipinski definition) is 7. The van der Waals surface area contributed by atoms with Crippen molar-refractivity contribution in [2.75, 3.05) is 17.2 Å². The highest BCUT2D eigenvalue weighted by Crippen LogP contribution is 2.24. The van der Waals surface area contributed by atoms with E-state index in [1.165, 1.54) is 0 Å². The average molecular weight is 364 g/mol. The summed E-state index contributed by atoms with van der Waals surface area (Å²) in [6.45, 7) is 6.65. The maximum absolute atomic E-state index is 9.04. The Kier molecular flexibility index (Phi) is 4.97. The third kappa shape index (κ3) is 4.33. The summed E-state index contributed by atoms with van der Waals surface area (Å²) in [5.41, 5.74) is 8.33. The molecule has 4 N–H and O–H groups in total. The van der Waals surface area contributed by atoms with Gasteiger partial charge < -0.3 is 16.4 Å². The van der Waals surface area contributed by atoms with Crippen molar-refractivity contribution in [3.63, 3.8) is 0 Å². The van der Waals surface area contributed by atoms with E-state index in [2.05, 4.69) is 52.5 Å². The van der Waals surface area contributed by atoms with E-state index in [0.29, 0.717) is 18.1 Å². The van der Waals surface area contributed by atoms with Crippen LogP contribution in [0.1, 0.15) is 37.9 Å². The minimum absolute atomic E-state index is 0.150. The molecule has 0 aliphatic carbocycles. The molecular weight excluding hydrogens is 340 g/mol. The third-order valence-electron chi connectivity index (χ3n) is 4.01. The fourth-order valence-electron chi connectivity index (χ4n) is 2.71. The van der Waals surface area contributed by atoms with Gasteiger partial charge in [0.1, 0.15) is 5.82 Å². The molecule has 0 spiro atoms. The second-order valence-corrected chi connectivity index (χ2v) is 7.50. The second kappa shape index (κ2) is 7.21. The largest absolute Gasteiger partial charge is 0.365 e. The standard InChI is InChI=1S/C19H24N8/c1-19(2,3)26-16-14-10-23-27(4)17(14)25-18(24-16)22-11-15(21)13-7-5-6-12(8-13)9-20/h5-8,10,15H,11,21H2,1-4H3,(H2,22,24,25,26). The molecule has 3 rings (SSSR count). The van der Waals surface area contributed by atoms with Gasteiger partial charge in [0, 0.05) is 25.2 Å². The number of nitrogens with one attached hydrogen (secondary N) is 2. The van der Waals surface area contributed by atoms with Crippen LogP contribution in [0.2, 0.25) is 0 Å². The van der Waals surface area contributed by atoms with E-state index < -0.39 is 0 Å². The first kappa shape index (κ1) is 18.6. The molecule has 0 aliphatic heterocycles. The normalized spacial score (nSPS) is 12.6. The number of fused-ring (bicyclic) bond motifs is 1. The molecule has 0 saturated heterocycles. The predicted octanol–water partition coefficient (Wildman–Crippen LogP) is 2.56. The van der Waals surface area contributed by atoms with Crippen LogP contribution < -0.4 is 16.4 Å². The molecule has 8 nitrogen and oxygen atoms in total. The van der Waals surface area contributed by atoms with Gasteiger partial charge in [0.2, 0.25) is 5.95 Å². The maximum Gasteiger partial charge on any atom is 0.226 e. The van der Waals surface area contributed by atoms with E-state index >= 15 is 0 Å². The summed E-state index contributed by atoms with van der Waals surface area (Å²) < 4.78 is 1.71. The summed E-state index contributed by atoms with van der Waals surface area (Å²) in [6.07, 6.45) is 1.76. The van der Waals surface area contributed by atoms with Gasteiger partial charge in [0.15, 0.2) is 5.65 Å². The van der Waals surface area contributed by atoms with Crippen molar-refractivity contribution in [1.82, 2.24) is 19.7 Å². The lowest BCUT2D eigenvalue weighted by Gasteiger charge is -2.22. The predicted molar refractivity (Wildman–Crippen MR) is 106 cm³/mol. The van der Waals surface area contributed by atoms with Crippen LogP contribution in [0.15, 0.2) is 30.5 Å².